The fourth-order valence-electron chi connectivity index (χ4n) is 6.95. The van der Waals surface area contributed by atoms with Crippen LogP contribution < -0.4 is 9.05 Å². The van der Waals surface area contributed by atoms with E-state index in [0.29, 0.717) is 0 Å². The molecule has 1 aliphatic rings. The molecule has 0 saturated heterocycles. The Bertz CT molecular complexity index is 1120. The molecule has 0 bridgehead atoms. The third-order valence-corrected chi connectivity index (χ3v) is 11.6. The van der Waals surface area contributed by atoms with E-state index in [2.05, 4.69) is 79.7 Å². The van der Waals surface area contributed by atoms with Gasteiger partial charge in [-0.2, -0.15) is 0 Å². The third-order valence-electron chi connectivity index (χ3n) is 9.88. The number of hydrogen-bond donors (Lipinski definition) is 0. The predicted octanol–water partition coefficient (Wildman–Crippen LogP) is 15.8. The van der Waals surface area contributed by atoms with Gasteiger partial charge < -0.3 is 9.05 Å². The van der Waals surface area contributed by atoms with Crippen molar-refractivity contribution in [1.82, 2.24) is 0 Å². The summed E-state index contributed by atoms with van der Waals surface area (Å²) < 4.78 is 28.3. The van der Waals surface area contributed by atoms with Gasteiger partial charge in [0.15, 0.2) is 0 Å². The summed E-state index contributed by atoms with van der Waals surface area (Å²) >= 11 is 1.76. The van der Waals surface area contributed by atoms with Crippen molar-refractivity contribution in [3.63, 3.8) is 0 Å². The predicted molar refractivity (Wildman–Crippen MR) is 214 cm³/mol. The van der Waals surface area contributed by atoms with E-state index in [1.165, 1.54) is 101 Å². The monoisotopic (exact) mass is 714 g/mol. The summed E-state index contributed by atoms with van der Waals surface area (Å²) in [5.74, 6) is 4.46. The van der Waals surface area contributed by atoms with Crippen molar-refractivity contribution in [2.45, 2.75) is 194 Å². The van der Waals surface area contributed by atoms with Gasteiger partial charge in [0.1, 0.15) is 11.5 Å². The normalized spacial score (nSPS) is 13.5. The molecule has 1 aliphatic heterocycles. The van der Waals surface area contributed by atoms with Gasteiger partial charge in [0.25, 0.3) is 0 Å². The molecule has 0 aliphatic carbocycles. The second-order valence-corrected chi connectivity index (χ2v) is 18.5. The van der Waals surface area contributed by atoms with Gasteiger partial charge in [-0.15, -0.1) is 4.20 Å². The van der Waals surface area contributed by atoms with Crippen molar-refractivity contribution in [3.05, 3.63) is 46.5 Å². The first-order chi connectivity index (χ1) is 23.5. The van der Waals surface area contributed by atoms with E-state index in [1.54, 1.807) is 11.8 Å². The van der Waals surface area contributed by atoms with Crippen molar-refractivity contribution < 1.29 is 13.2 Å². The number of hydrogen-bond acceptors (Lipinski definition) is 3. The molecular weight excluding hydrogens is 643 g/mol. The SMILES string of the molecule is CC(C)CCCCCc1cc(CCCCCC(C)C)c2c(c1)Sc1cc(CCCCCC(C)C)cc(CCCCCC(C)C)c1OP(F)O2. The lowest BCUT2D eigenvalue weighted by Gasteiger charge is -2.25. The Hall–Kier alpha value is -1.25. The average Bonchev–Trinajstić information content (AvgIpc) is 3.01. The van der Waals surface area contributed by atoms with Crippen LogP contribution in [0.2, 0.25) is 0 Å². The first-order valence-electron chi connectivity index (χ1n) is 20.3. The zero-order chi connectivity index (χ0) is 35.6. The highest BCUT2D eigenvalue weighted by atomic mass is 32.2. The second kappa shape index (κ2) is 23.3. The van der Waals surface area contributed by atoms with Gasteiger partial charge >= 0.3 is 8.69 Å². The minimum atomic E-state index is -2.58. The molecule has 1 heterocycles. The van der Waals surface area contributed by atoms with Crippen LogP contribution in [0, 0.1) is 23.7 Å². The van der Waals surface area contributed by atoms with Gasteiger partial charge in [0, 0.05) is 0 Å². The van der Waals surface area contributed by atoms with Crippen molar-refractivity contribution in [2.75, 3.05) is 0 Å². The summed E-state index contributed by atoms with van der Waals surface area (Å²) in [5, 5.41) is 0. The summed E-state index contributed by atoms with van der Waals surface area (Å²) in [6, 6.07) is 9.28. The molecule has 0 aromatic heterocycles. The highest BCUT2D eigenvalue weighted by molar-refractivity contribution is 7.99. The van der Waals surface area contributed by atoms with E-state index in [-0.39, 0.29) is 0 Å². The summed E-state index contributed by atoms with van der Waals surface area (Å²) in [7, 11) is -2.58. The van der Waals surface area contributed by atoms with E-state index in [9.17, 15) is 0 Å². The van der Waals surface area contributed by atoms with Crippen LogP contribution in [-0.4, -0.2) is 0 Å². The molecule has 0 amide bonds. The lowest BCUT2D eigenvalue weighted by atomic mass is 9.98. The number of aryl methyl sites for hydroxylation is 4. The maximum absolute atomic E-state index is 15.9. The molecule has 2 aromatic carbocycles. The summed E-state index contributed by atoms with van der Waals surface area (Å²) in [5.41, 5.74) is 5.06. The van der Waals surface area contributed by atoms with E-state index < -0.39 is 8.69 Å². The number of unbranched alkanes of at least 4 members (excludes halogenated alkanes) is 8. The molecule has 49 heavy (non-hydrogen) atoms. The zero-order valence-electron chi connectivity index (χ0n) is 32.8. The fraction of sp³-hybridized carbons (Fsp3) is 0.727. The largest absolute Gasteiger partial charge is 0.505 e. The van der Waals surface area contributed by atoms with E-state index >= 15 is 4.20 Å². The van der Waals surface area contributed by atoms with Crippen molar-refractivity contribution >= 4 is 20.4 Å². The molecule has 0 fully saturated rings. The molecule has 0 spiro atoms. The first-order valence-corrected chi connectivity index (χ1v) is 22.2. The third kappa shape index (κ3) is 16.8. The molecule has 5 heteroatoms. The number of halogens is 1. The van der Waals surface area contributed by atoms with Crippen LogP contribution in [0.3, 0.4) is 0 Å². The van der Waals surface area contributed by atoms with Crippen LogP contribution in [0.15, 0.2) is 34.1 Å². The molecule has 2 aromatic rings. The molecule has 0 N–H and O–H groups in total. The summed E-state index contributed by atoms with van der Waals surface area (Å²) in [6.07, 6.45) is 23.7. The second-order valence-electron chi connectivity index (χ2n) is 16.6. The van der Waals surface area contributed by atoms with E-state index in [1.807, 2.05) is 0 Å². The Morgan fingerprint density at radius 1 is 0.469 bits per heavy atom. The number of rotatable bonds is 24. The fourth-order valence-corrected chi connectivity index (χ4v) is 9.02. The molecular formula is C44H72FO2PS. The van der Waals surface area contributed by atoms with Crippen molar-refractivity contribution in [1.29, 1.82) is 0 Å². The Morgan fingerprint density at radius 3 is 1.12 bits per heavy atom. The van der Waals surface area contributed by atoms with Crippen LogP contribution in [-0.2, 0) is 25.7 Å². The molecule has 0 saturated carbocycles. The Kier molecular flexibility index (Phi) is 20.1. The van der Waals surface area contributed by atoms with Crippen molar-refractivity contribution in [2.24, 2.45) is 23.7 Å². The van der Waals surface area contributed by atoms with Crippen LogP contribution in [0.4, 0.5) is 4.20 Å². The van der Waals surface area contributed by atoms with Gasteiger partial charge in [-0.1, -0.05) is 156 Å². The molecule has 2 nitrogen and oxygen atoms in total. The number of benzene rings is 2. The molecule has 0 atom stereocenters. The lowest BCUT2D eigenvalue weighted by molar-refractivity contribution is 0.419. The van der Waals surface area contributed by atoms with Crippen molar-refractivity contribution in [3.8, 4) is 11.5 Å². The number of fused-ring (bicyclic) bond motifs is 2. The van der Waals surface area contributed by atoms with Gasteiger partial charge in [-0.05, 0) is 109 Å². The highest BCUT2D eigenvalue weighted by Crippen LogP contribution is 2.54. The van der Waals surface area contributed by atoms with E-state index in [4.69, 9.17) is 9.05 Å². The van der Waals surface area contributed by atoms with Crippen LogP contribution >= 0.6 is 20.4 Å². The smallest absolute Gasteiger partial charge is 0.413 e. The van der Waals surface area contributed by atoms with Crippen LogP contribution in [0.25, 0.3) is 0 Å². The van der Waals surface area contributed by atoms with E-state index in [0.717, 1.165) is 94.6 Å². The summed E-state index contributed by atoms with van der Waals surface area (Å²) in [6.45, 7) is 18.5. The zero-order valence-corrected chi connectivity index (χ0v) is 34.5. The minimum Gasteiger partial charge on any atom is -0.413 e. The summed E-state index contributed by atoms with van der Waals surface area (Å²) in [4.78, 5) is 2.15. The quantitative estimate of drug-likeness (QED) is 0.0797. The highest BCUT2D eigenvalue weighted by Gasteiger charge is 2.28. The first kappa shape index (κ1) is 42.2. The Labute approximate surface area is 307 Å². The Balaban J connectivity index is 1.91. The lowest BCUT2D eigenvalue weighted by Crippen LogP contribution is -2.05. The van der Waals surface area contributed by atoms with Crippen LogP contribution in [0.5, 0.6) is 11.5 Å². The Morgan fingerprint density at radius 2 is 0.796 bits per heavy atom. The van der Waals surface area contributed by atoms with Gasteiger partial charge in [-0.3, -0.25) is 0 Å². The van der Waals surface area contributed by atoms with Gasteiger partial charge in [-0.25, -0.2) is 0 Å². The maximum atomic E-state index is 15.9. The minimum absolute atomic E-state index is 0.728. The topological polar surface area (TPSA) is 18.5 Å². The molecule has 0 radical (unpaired) electrons. The molecule has 3 rings (SSSR count). The van der Waals surface area contributed by atoms with Gasteiger partial charge in [0.2, 0.25) is 0 Å². The van der Waals surface area contributed by atoms with Crippen LogP contribution in [0.1, 0.15) is 180 Å². The molecule has 0 unspecified atom stereocenters. The standard InChI is InChI=1S/C44H72FO2PS/c1-33(2)21-13-9-17-25-37-29-39(27-19-11-15-23-35(5)6)43-41(31-37)49-42-32-38(26-18-10-14-22-34(3)4)30-40(44(42)47-48(45)46-43)28-20-12-16-24-36(7)8/h29-36H,9-28H2,1-8H3. The maximum Gasteiger partial charge on any atom is 0.505 e. The average molecular weight is 715 g/mol. The molecule has 278 valence electrons. The van der Waals surface area contributed by atoms with Gasteiger partial charge in [0.05, 0.1) is 9.79 Å².